The van der Waals surface area contributed by atoms with Gasteiger partial charge < -0.3 is 19.9 Å². The first kappa shape index (κ1) is 15.3. The van der Waals surface area contributed by atoms with Gasteiger partial charge in [0.25, 0.3) is 0 Å². The Kier molecular flexibility index (Phi) is 4.75. The molecule has 0 radical (unpaired) electrons. The number of rotatable bonds is 5. The highest BCUT2D eigenvalue weighted by molar-refractivity contribution is 6.30. The number of halogens is 2. The van der Waals surface area contributed by atoms with Gasteiger partial charge in [0.05, 0.1) is 19.9 Å². The number of aromatic hydroxyl groups is 1. The predicted octanol–water partition coefficient (Wildman–Crippen LogP) is 3.81. The Hall–Kier alpha value is -2.14. The summed E-state index contributed by atoms with van der Waals surface area (Å²) in [6.45, 7) is 0.339. The van der Waals surface area contributed by atoms with E-state index in [0.29, 0.717) is 28.8 Å². The molecule has 0 aliphatic heterocycles. The topological polar surface area (TPSA) is 50.7 Å². The normalized spacial score (nSPS) is 10.3. The maximum Gasteiger partial charge on any atom is 0.200 e. The van der Waals surface area contributed by atoms with Crippen LogP contribution in [0.1, 0.15) is 5.56 Å². The molecule has 0 amide bonds. The maximum absolute atomic E-state index is 13.7. The van der Waals surface area contributed by atoms with E-state index < -0.39 is 5.82 Å². The molecule has 6 heteroatoms. The van der Waals surface area contributed by atoms with Crippen LogP contribution < -0.4 is 14.8 Å². The number of phenolic OH excluding ortho intramolecular Hbond substituents is 1. The van der Waals surface area contributed by atoms with E-state index in [1.165, 1.54) is 20.3 Å². The molecule has 21 heavy (non-hydrogen) atoms. The fourth-order valence-corrected chi connectivity index (χ4v) is 2.04. The van der Waals surface area contributed by atoms with Crippen LogP contribution in [0.25, 0.3) is 0 Å². The maximum atomic E-state index is 13.7. The SMILES string of the molecule is COc1cc(CNc2ccc(Cl)cc2F)cc(OC)c1O. The molecule has 112 valence electrons. The number of ether oxygens (including phenoxy) is 2. The van der Waals surface area contributed by atoms with Gasteiger partial charge in [-0.3, -0.25) is 0 Å². The van der Waals surface area contributed by atoms with Crippen LogP contribution in [0.4, 0.5) is 10.1 Å². The summed E-state index contributed by atoms with van der Waals surface area (Å²) in [6.07, 6.45) is 0. The van der Waals surface area contributed by atoms with Gasteiger partial charge in [0.1, 0.15) is 5.82 Å². The molecule has 0 aliphatic rings. The van der Waals surface area contributed by atoms with Crippen molar-refractivity contribution >= 4 is 17.3 Å². The lowest BCUT2D eigenvalue weighted by atomic mass is 10.1. The molecule has 0 saturated heterocycles. The van der Waals surface area contributed by atoms with Crippen LogP contribution in [-0.2, 0) is 6.54 Å². The van der Waals surface area contributed by atoms with Gasteiger partial charge in [-0.25, -0.2) is 4.39 Å². The van der Waals surface area contributed by atoms with E-state index in [2.05, 4.69) is 5.32 Å². The summed E-state index contributed by atoms with van der Waals surface area (Å²) < 4.78 is 23.8. The highest BCUT2D eigenvalue weighted by atomic mass is 35.5. The van der Waals surface area contributed by atoms with Crippen molar-refractivity contribution in [2.75, 3.05) is 19.5 Å². The minimum absolute atomic E-state index is 0.0681. The minimum atomic E-state index is -0.430. The third kappa shape index (κ3) is 3.49. The summed E-state index contributed by atoms with van der Waals surface area (Å²) in [5.74, 6) is 0.0899. The number of anilines is 1. The van der Waals surface area contributed by atoms with Crippen LogP contribution in [0.15, 0.2) is 30.3 Å². The monoisotopic (exact) mass is 311 g/mol. The standard InChI is InChI=1S/C15H15ClFNO3/c1-20-13-5-9(6-14(21-2)15(13)19)8-18-12-4-3-10(16)7-11(12)17/h3-7,18-19H,8H2,1-2H3. The molecule has 2 aromatic carbocycles. The fraction of sp³-hybridized carbons (Fsp3) is 0.200. The molecular weight excluding hydrogens is 297 g/mol. The molecule has 2 rings (SSSR count). The zero-order valence-corrected chi connectivity index (χ0v) is 12.4. The average Bonchev–Trinajstić information content (AvgIpc) is 2.47. The number of nitrogens with one attached hydrogen (secondary N) is 1. The van der Waals surface area contributed by atoms with Gasteiger partial charge >= 0.3 is 0 Å². The van der Waals surface area contributed by atoms with Crippen molar-refractivity contribution in [2.24, 2.45) is 0 Å². The Morgan fingerprint density at radius 1 is 1.14 bits per heavy atom. The van der Waals surface area contributed by atoms with Gasteiger partial charge in [0, 0.05) is 11.6 Å². The first-order valence-electron chi connectivity index (χ1n) is 6.18. The Morgan fingerprint density at radius 2 is 1.76 bits per heavy atom. The Morgan fingerprint density at radius 3 is 2.29 bits per heavy atom. The van der Waals surface area contributed by atoms with E-state index in [-0.39, 0.29) is 5.75 Å². The number of methoxy groups -OCH3 is 2. The van der Waals surface area contributed by atoms with Gasteiger partial charge in [0.2, 0.25) is 5.75 Å². The number of benzene rings is 2. The molecule has 2 N–H and O–H groups in total. The second kappa shape index (κ2) is 6.54. The van der Waals surface area contributed by atoms with Crippen molar-refractivity contribution < 1.29 is 19.0 Å². The fourth-order valence-electron chi connectivity index (χ4n) is 1.88. The summed E-state index contributed by atoms with van der Waals surface area (Å²) in [4.78, 5) is 0. The Labute approximate surface area is 127 Å². The largest absolute Gasteiger partial charge is 0.502 e. The van der Waals surface area contributed by atoms with Gasteiger partial charge in [-0.05, 0) is 35.9 Å². The van der Waals surface area contributed by atoms with Gasteiger partial charge in [-0.1, -0.05) is 11.6 Å². The average molecular weight is 312 g/mol. The minimum Gasteiger partial charge on any atom is -0.502 e. The van der Waals surface area contributed by atoms with E-state index >= 15 is 0 Å². The third-order valence-electron chi connectivity index (χ3n) is 2.95. The molecule has 0 saturated carbocycles. The molecule has 0 aromatic heterocycles. The van der Waals surface area contributed by atoms with Crippen molar-refractivity contribution in [3.63, 3.8) is 0 Å². The smallest absolute Gasteiger partial charge is 0.200 e. The molecule has 0 spiro atoms. The summed E-state index contributed by atoms with van der Waals surface area (Å²) in [5.41, 5.74) is 1.11. The molecule has 4 nitrogen and oxygen atoms in total. The number of hydrogen-bond acceptors (Lipinski definition) is 4. The summed E-state index contributed by atoms with van der Waals surface area (Å²) in [5, 5.41) is 13.1. The highest BCUT2D eigenvalue weighted by Gasteiger charge is 2.11. The molecule has 2 aromatic rings. The van der Waals surface area contributed by atoms with Gasteiger partial charge in [-0.2, -0.15) is 0 Å². The summed E-state index contributed by atoms with van der Waals surface area (Å²) in [7, 11) is 2.90. The van der Waals surface area contributed by atoms with E-state index in [1.54, 1.807) is 24.3 Å². The van der Waals surface area contributed by atoms with Gasteiger partial charge in [-0.15, -0.1) is 0 Å². The van der Waals surface area contributed by atoms with E-state index in [0.717, 1.165) is 5.56 Å². The number of hydrogen-bond donors (Lipinski definition) is 2. The Bertz CT molecular complexity index is 624. The molecular formula is C15H15ClFNO3. The second-order valence-corrected chi connectivity index (χ2v) is 4.76. The zero-order valence-electron chi connectivity index (χ0n) is 11.6. The lowest BCUT2D eigenvalue weighted by Crippen LogP contribution is -2.02. The van der Waals surface area contributed by atoms with E-state index in [9.17, 15) is 9.50 Å². The van der Waals surface area contributed by atoms with Crippen LogP contribution in [0, 0.1) is 5.82 Å². The van der Waals surface area contributed by atoms with Crippen molar-refractivity contribution in [1.29, 1.82) is 0 Å². The van der Waals surface area contributed by atoms with Crippen molar-refractivity contribution in [3.05, 3.63) is 46.7 Å². The summed E-state index contributed by atoms with van der Waals surface area (Å²) >= 11 is 5.70. The zero-order chi connectivity index (χ0) is 15.4. The first-order chi connectivity index (χ1) is 10.0. The second-order valence-electron chi connectivity index (χ2n) is 4.33. The third-order valence-corrected chi connectivity index (χ3v) is 3.19. The first-order valence-corrected chi connectivity index (χ1v) is 6.55. The Balaban J connectivity index is 2.19. The van der Waals surface area contributed by atoms with Crippen molar-refractivity contribution in [1.82, 2.24) is 0 Å². The molecule has 0 bridgehead atoms. The van der Waals surface area contributed by atoms with E-state index in [1.807, 2.05) is 0 Å². The van der Waals surface area contributed by atoms with Crippen molar-refractivity contribution in [2.45, 2.75) is 6.54 Å². The number of phenols is 1. The molecule has 0 unspecified atom stereocenters. The quantitative estimate of drug-likeness (QED) is 0.881. The molecule has 0 atom stereocenters. The van der Waals surface area contributed by atoms with Crippen molar-refractivity contribution in [3.8, 4) is 17.2 Å². The van der Waals surface area contributed by atoms with Crippen LogP contribution >= 0.6 is 11.6 Å². The lowest BCUT2D eigenvalue weighted by molar-refractivity contribution is 0.339. The van der Waals surface area contributed by atoms with E-state index in [4.69, 9.17) is 21.1 Å². The molecule has 0 heterocycles. The van der Waals surface area contributed by atoms with Gasteiger partial charge in [0.15, 0.2) is 11.5 Å². The summed E-state index contributed by atoms with van der Waals surface area (Å²) in [6, 6.07) is 7.71. The predicted molar refractivity (Wildman–Crippen MR) is 79.9 cm³/mol. The highest BCUT2D eigenvalue weighted by Crippen LogP contribution is 2.37. The van der Waals surface area contributed by atoms with Crippen LogP contribution in [0.5, 0.6) is 17.2 Å². The molecule has 0 aliphatic carbocycles. The molecule has 0 fully saturated rings. The lowest BCUT2D eigenvalue weighted by Gasteiger charge is -2.12. The van der Waals surface area contributed by atoms with Crippen LogP contribution in [0.3, 0.4) is 0 Å². The van der Waals surface area contributed by atoms with Crippen LogP contribution in [-0.4, -0.2) is 19.3 Å². The van der Waals surface area contributed by atoms with Crippen LogP contribution in [0.2, 0.25) is 5.02 Å².